The molecule has 4 nitrogen and oxygen atoms in total. The third-order valence-electron chi connectivity index (χ3n) is 3.59. The lowest BCUT2D eigenvalue weighted by Gasteiger charge is -2.36. The summed E-state index contributed by atoms with van der Waals surface area (Å²) in [6.07, 6.45) is 1.81. The Bertz CT molecular complexity index is 510. The molecule has 0 atom stereocenters. The van der Waals surface area contributed by atoms with Crippen molar-refractivity contribution < 1.29 is 8.42 Å². The van der Waals surface area contributed by atoms with Crippen molar-refractivity contribution in [1.29, 1.82) is 0 Å². The third kappa shape index (κ3) is 2.67. The maximum Gasteiger partial charge on any atom is 0.243 e. The molecule has 0 saturated carbocycles. The van der Waals surface area contributed by atoms with Crippen LogP contribution in [0.1, 0.15) is 26.7 Å². The van der Waals surface area contributed by atoms with Crippen molar-refractivity contribution in [3.05, 3.63) is 24.3 Å². The van der Waals surface area contributed by atoms with E-state index < -0.39 is 10.0 Å². The number of hydrogen-bond acceptors (Lipinski definition) is 3. The summed E-state index contributed by atoms with van der Waals surface area (Å²) in [4.78, 5) is 0.330. The van der Waals surface area contributed by atoms with Crippen molar-refractivity contribution in [2.24, 2.45) is 5.41 Å². The summed E-state index contributed by atoms with van der Waals surface area (Å²) in [6, 6.07) is 6.40. The predicted molar refractivity (Wildman–Crippen MR) is 72.6 cm³/mol. The standard InChI is InChI=1S/C13H20N2O2S/c1-13(2)7-9-15(10-8-13)18(16,17)12-5-3-11(14)4-6-12/h3-6H,7-10,14H2,1-2H3. The normalized spacial score (nSPS) is 20.8. The van der Waals surface area contributed by atoms with Gasteiger partial charge < -0.3 is 5.73 Å². The molecule has 5 heteroatoms. The Morgan fingerprint density at radius 1 is 1.11 bits per heavy atom. The minimum atomic E-state index is -3.35. The summed E-state index contributed by atoms with van der Waals surface area (Å²) in [7, 11) is -3.35. The second kappa shape index (κ2) is 4.55. The molecular formula is C13H20N2O2S. The monoisotopic (exact) mass is 268 g/mol. The van der Waals surface area contributed by atoms with Gasteiger partial charge in [0.1, 0.15) is 0 Å². The van der Waals surface area contributed by atoms with Crippen LogP contribution in [-0.4, -0.2) is 25.8 Å². The number of anilines is 1. The Kier molecular flexibility index (Phi) is 3.38. The van der Waals surface area contributed by atoms with Crippen molar-refractivity contribution >= 4 is 15.7 Å². The molecule has 1 aliphatic rings. The molecule has 0 bridgehead atoms. The van der Waals surface area contributed by atoms with Crippen LogP contribution in [0.2, 0.25) is 0 Å². The van der Waals surface area contributed by atoms with E-state index in [0.717, 1.165) is 12.8 Å². The fourth-order valence-electron chi connectivity index (χ4n) is 2.12. The van der Waals surface area contributed by atoms with Gasteiger partial charge in [-0.2, -0.15) is 4.31 Å². The molecule has 2 N–H and O–H groups in total. The number of sulfonamides is 1. The lowest BCUT2D eigenvalue weighted by molar-refractivity contribution is 0.196. The fraction of sp³-hybridized carbons (Fsp3) is 0.538. The van der Waals surface area contributed by atoms with Crippen molar-refractivity contribution in [2.75, 3.05) is 18.8 Å². The Morgan fingerprint density at radius 3 is 2.11 bits per heavy atom. The topological polar surface area (TPSA) is 63.4 Å². The lowest BCUT2D eigenvalue weighted by Crippen LogP contribution is -2.41. The number of nitrogen functional groups attached to an aromatic ring is 1. The van der Waals surface area contributed by atoms with Crippen LogP contribution in [0, 0.1) is 5.41 Å². The molecule has 0 amide bonds. The SMILES string of the molecule is CC1(C)CCN(S(=O)(=O)c2ccc(N)cc2)CC1. The number of piperidine rings is 1. The first-order chi connectivity index (χ1) is 8.31. The number of nitrogens with two attached hydrogens (primary N) is 1. The van der Waals surface area contributed by atoms with Gasteiger partial charge in [0.15, 0.2) is 0 Å². The summed E-state index contributed by atoms with van der Waals surface area (Å²) in [5, 5.41) is 0. The van der Waals surface area contributed by atoms with Gasteiger partial charge in [0.25, 0.3) is 0 Å². The zero-order valence-corrected chi connectivity index (χ0v) is 11.7. The van der Waals surface area contributed by atoms with Gasteiger partial charge in [-0.1, -0.05) is 13.8 Å². The lowest BCUT2D eigenvalue weighted by atomic mass is 9.83. The average molecular weight is 268 g/mol. The molecule has 0 aliphatic carbocycles. The second-order valence-electron chi connectivity index (χ2n) is 5.64. The molecule has 1 heterocycles. The van der Waals surface area contributed by atoms with E-state index in [1.807, 2.05) is 0 Å². The minimum Gasteiger partial charge on any atom is -0.399 e. The van der Waals surface area contributed by atoms with Gasteiger partial charge in [0, 0.05) is 18.8 Å². The quantitative estimate of drug-likeness (QED) is 0.835. The Balaban J connectivity index is 2.20. The van der Waals surface area contributed by atoms with Crippen LogP contribution in [0.4, 0.5) is 5.69 Å². The van der Waals surface area contributed by atoms with Crippen LogP contribution < -0.4 is 5.73 Å². The zero-order valence-electron chi connectivity index (χ0n) is 10.9. The molecule has 0 spiro atoms. The Hall–Kier alpha value is -1.07. The Morgan fingerprint density at radius 2 is 1.61 bits per heavy atom. The van der Waals surface area contributed by atoms with Gasteiger partial charge in [0.05, 0.1) is 4.90 Å². The molecule has 1 aromatic carbocycles. The number of hydrogen-bond donors (Lipinski definition) is 1. The summed E-state index contributed by atoms with van der Waals surface area (Å²) >= 11 is 0. The minimum absolute atomic E-state index is 0.243. The summed E-state index contributed by atoms with van der Waals surface area (Å²) in [5.41, 5.74) is 6.40. The molecule has 18 heavy (non-hydrogen) atoms. The van der Waals surface area contributed by atoms with Crippen LogP contribution in [0.3, 0.4) is 0 Å². The van der Waals surface area contributed by atoms with Gasteiger partial charge in [-0.3, -0.25) is 0 Å². The first-order valence-electron chi connectivity index (χ1n) is 6.17. The van der Waals surface area contributed by atoms with Crippen LogP contribution in [0.15, 0.2) is 29.2 Å². The van der Waals surface area contributed by atoms with Gasteiger partial charge in [-0.15, -0.1) is 0 Å². The van der Waals surface area contributed by atoms with Gasteiger partial charge in [-0.25, -0.2) is 8.42 Å². The average Bonchev–Trinajstić information content (AvgIpc) is 2.29. The predicted octanol–water partition coefficient (Wildman–Crippen LogP) is 2.08. The van der Waals surface area contributed by atoms with E-state index in [0.29, 0.717) is 23.7 Å². The largest absolute Gasteiger partial charge is 0.399 e. The molecule has 2 rings (SSSR count). The molecular weight excluding hydrogens is 248 g/mol. The van der Waals surface area contributed by atoms with Gasteiger partial charge in [0.2, 0.25) is 10.0 Å². The van der Waals surface area contributed by atoms with E-state index in [1.54, 1.807) is 28.6 Å². The Labute approximate surface area is 109 Å². The second-order valence-corrected chi connectivity index (χ2v) is 7.58. The molecule has 1 saturated heterocycles. The molecule has 100 valence electrons. The summed E-state index contributed by atoms with van der Waals surface area (Å²) in [5.74, 6) is 0. The van der Waals surface area contributed by atoms with E-state index in [1.165, 1.54) is 0 Å². The highest BCUT2D eigenvalue weighted by molar-refractivity contribution is 7.89. The molecule has 1 fully saturated rings. The molecule has 0 aromatic heterocycles. The first-order valence-corrected chi connectivity index (χ1v) is 7.61. The van der Waals surface area contributed by atoms with Crippen molar-refractivity contribution in [1.82, 2.24) is 4.31 Å². The van der Waals surface area contributed by atoms with Gasteiger partial charge in [-0.05, 0) is 42.5 Å². The van der Waals surface area contributed by atoms with E-state index in [2.05, 4.69) is 13.8 Å². The third-order valence-corrected chi connectivity index (χ3v) is 5.51. The van der Waals surface area contributed by atoms with E-state index in [-0.39, 0.29) is 5.41 Å². The molecule has 1 aliphatic heterocycles. The van der Waals surface area contributed by atoms with Crippen molar-refractivity contribution in [3.8, 4) is 0 Å². The summed E-state index contributed by atoms with van der Waals surface area (Å²) in [6.45, 7) is 5.56. The first kappa shape index (κ1) is 13.4. The van der Waals surface area contributed by atoms with Crippen LogP contribution in [-0.2, 0) is 10.0 Å². The van der Waals surface area contributed by atoms with Gasteiger partial charge >= 0.3 is 0 Å². The smallest absolute Gasteiger partial charge is 0.243 e. The zero-order chi connectivity index (χ0) is 13.4. The molecule has 1 aromatic rings. The van der Waals surface area contributed by atoms with Crippen LogP contribution in [0.5, 0.6) is 0 Å². The highest BCUT2D eigenvalue weighted by Gasteiger charge is 2.32. The van der Waals surface area contributed by atoms with Crippen molar-refractivity contribution in [3.63, 3.8) is 0 Å². The molecule has 0 radical (unpaired) electrons. The van der Waals surface area contributed by atoms with Crippen molar-refractivity contribution in [2.45, 2.75) is 31.6 Å². The van der Waals surface area contributed by atoms with Crippen LogP contribution in [0.25, 0.3) is 0 Å². The van der Waals surface area contributed by atoms with E-state index in [4.69, 9.17) is 5.73 Å². The maximum atomic E-state index is 12.4. The number of nitrogens with zero attached hydrogens (tertiary/aromatic N) is 1. The molecule has 0 unspecified atom stereocenters. The fourth-order valence-corrected chi connectivity index (χ4v) is 3.56. The number of benzene rings is 1. The van der Waals surface area contributed by atoms with E-state index >= 15 is 0 Å². The van der Waals surface area contributed by atoms with Crippen LogP contribution >= 0.6 is 0 Å². The highest BCUT2D eigenvalue weighted by Crippen LogP contribution is 2.32. The highest BCUT2D eigenvalue weighted by atomic mass is 32.2. The number of rotatable bonds is 2. The summed E-state index contributed by atoms with van der Waals surface area (Å²) < 4.78 is 26.4. The van der Waals surface area contributed by atoms with E-state index in [9.17, 15) is 8.42 Å². The maximum absolute atomic E-state index is 12.4.